The molecule has 0 radical (unpaired) electrons. The van der Waals surface area contributed by atoms with Crippen molar-refractivity contribution in [3.8, 4) is 0 Å². The topological polar surface area (TPSA) is 61.8 Å². The second-order valence-electron chi connectivity index (χ2n) is 5.83. The number of ether oxygens (including phenoxy) is 2. The summed E-state index contributed by atoms with van der Waals surface area (Å²) in [7, 11) is -3.47. The molecule has 0 aromatic heterocycles. The second-order valence-corrected chi connectivity index (χ2v) is 7.47. The molecule has 0 atom stereocenters. The first-order chi connectivity index (χ1) is 11.5. The van der Waals surface area contributed by atoms with Crippen molar-refractivity contribution in [2.24, 2.45) is 5.92 Å². The molecule has 0 amide bonds. The monoisotopic (exact) mass is 348 g/mol. The van der Waals surface area contributed by atoms with Crippen molar-refractivity contribution < 1.29 is 22.1 Å². The van der Waals surface area contributed by atoms with Gasteiger partial charge < -0.3 is 9.47 Å². The molecule has 5 nitrogen and oxygen atoms in total. The summed E-state index contributed by atoms with van der Waals surface area (Å²) in [6.45, 7) is 0.747. The molecular formula is C18H20O5S. The van der Waals surface area contributed by atoms with E-state index >= 15 is 0 Å². The Balaban J connectivity index is 1.82. The van der Waals surface area contributed by atoms with Crippen LogP contribution in [0, 0.1) is 5.92 Å². The minimum atomic E-state index is -3.47. The van der Waals surface area contributed by atoms with Gasteiger partial charge in [0, 0.05) is 17.0 Å². The first-order valence-corrected chi connectivity index (χ1v) is 9.55. The molecule has 2 aromatic carbocycles. The zero-order valence-electron chi connectivity index (χ0n) is 13.4. The van der Waals surface area contributed by atoms with Gasteiger partial charge in [-0.1, -0.05) is 60.7 Å². The average molecular weight is 348 g/mol. The Morgan fingerprint density at radius 1 is 0.958 bits per heavy atom. The lowest BCUT2D eigenvalue weighted by molar-refractivity contribution is -0.269. The molecule has 1 aliphatic heterocycles. The van der Waals surface area contributed by atoms with Crippen LogP contribution >= 0.6 is 0 Å². The van der Waals surface area contributed by atoms with Gasteiger partial charge in [0.2, 0.25) is 5.79 Å². The molecule has 1 heterocycles. The minimum Gasteiger partial charge on any atom is -0.342 e. The van der Waals surface area contributed by atoms with Gasteiger partial charge >= 0.3 is 0 Å². The van der Waals surface area contributed by atoms with Crippen LogP contribution in [0.1, 0.15) is 11.1 Å². The fourth-order valence-corrected chi connectivity index (χ4v) is 3.13. The van der Waals surface area contributed by atoms with Crippen molar-refractivity contribution in [1.29, 1.82) is 0 Å². The van der Waals surface area contributed by atoms with Crippen molar-refractivity contribution in [2.75, 3.05) is 26.1 Å². The first-order valence-electron chi connectivity index (χ1n) is 7.73. The molecule has 0 bridgehead atoms. The van der Waals surface area contributed by atoms with Crippen LogP contribution in [-0.2, 0) is 29.6 Å². The van der Waals surface area contributed by atoms with Gasteiger partial charge in [0.1, 0.15) is 0 Å². The zero-order valence-corrected chi connectivity index (χ0v) is 14.2. The Kier molecular flexibility index (Phi) is 5.01. The highest BCUT2D eigenvalue weighted by molar-refractivity contribution is 7.85. The van der Waals surface area contributed by atoms with E-state index in [0.29, 0.717) is 13.2 Å². The van der Waals surface area contributed by atoms with Crippen molar-refractivity contribution in [3.63, 3.8) is 0 Å². The molecule has 0 spiro atoms. The molecule has 1 saturated heterocycles. The van der Waals surface area contributed by atoms with Crippen LogP contribution < -0.4 is 0 Å². The SMILES string of the molecule is CS(=O)(=O)OCC1COC(c2ccccc2)(c2ccccc2)OC1. The quantitative estimate of drug-likeness (QED) is 0.777. The summed E-state index contributed by atoms with van der Waals surface area (Å²) in [6.07, 6.45) is 1.04. The highest BCUT2D eigenvalue weighted by Crippen LogP contribution is 2.38. The van der Waals surface area contributed by atoms with Crippen LogP contribution in [0.3, 0.4) is 0 Å². The zero-order chi connectivity index (χ0) is 17.0. The predicted molar refractivity (Wildman–Crippen MR) is 89.9 cm³/mol. The third-order valence-corrected chi connectivity index (χ3v) is 4.43. The van der Waals surface area contributed by atoms with E-state index in [-0.39, 0.29) is 12.5 Å². The maximum Gasteiger partial charge on any atom is 0.264 e. The lowest BCUT2D eigenvalue weighted by atomic mass is 9.95. The van der Waals surface area contributed by atoms with Gasteiger partial charge in [-0.05, 0) is 0 Å². The van der Waals surface area contributed by atoms with E-state index in [1.807, 2.05) is 60.7 Å². The van der Waals surface area contributed by atoms with E-state index in [9.17, 15) is 8.42 Å². The maximum absolute atomic E-state index is 11.1. The summed E-state index contributed by atoms with van der Waals surface area (Å²) in [5, 5.41) is 0. The van der Waals surface area contributed by atoms with E-state index in [0.717, 1.165) is 17.4 Å². The molecule has 0 N–H and O–H groups in total. The highest BCUT2D eigenvalue weighted by atomic mass is 32.2. The van der Waals surface area contributed by atoms with Gasteiger partial charge in [0.05, 0.1) is 26.1 Å². The molecule has 24 heavy (non-hydrogen) atoms. The van der Waals surface area contributed by atoms with Gasteiger partial charge in [-0.15, -0.1) is 0 Å². The third kappa shape index (κ3) is 3.84. The van der Waals surface area contributed by atoms with Gasteiger partial charge in [-0.3, -0.25) is 4.18 Å². The number of hydrogen-bond donors (Lipinski definition) is 0. The van der Waals surface area contributed by atoms with Crippen LogP contribution in [0.25, 0.3) is 0 Å². The minimum absolute atomic E-state index is 0.0541. The van der Waals surface area contributed by atoms with Gasteiger partial charge in [-0.25, -0.2) is 0 Å². The smallest absolute Gasteiger partial charge is 0.264 e. The van der Waals surface area contributed by atoms with E-state index in [1.54, 1.807) is 0 Å². The fourth-order valence-electron chi connectivity index (χ4n) is 2.69. The van der Waals surface area contributed by atoms with Gasteiger partial charge in [-0.2, -0.15) is 8.42 Å². The standard InChI is InChI=1S/C18H20O5S/c1-24(19,20)23-14-15-12-21-18(22-13-15,16-8-4-2-5-9-16)17-10-6-3-7-11-17/h2-11,15H,12-14H2,1H3. The van der Waals surface area contributed by atoms with E-state index in [1.165, 1.54) is 0 Å². The number of rotatable bonds is 5. The molecule has 0 saturated carbocycles. The Morgan fingerprint density at radius 2 is 1.42 bits per heavy atom. The summed E-state index contributed by atoms with van der Waals surface area (Å²) < 4.78 is 39.4. The number of hydrogen-bond acceptors (Lipinski definition) is 5. The van der Waals surface area contributed by atoms with Crippen LogP contribution in [0.4, 0.5) is 0 Å². The van der Waals surface area contributed by atoms with E-state index < -0.39 is 15.9 Å². The lowest BCUT2D eigenvalue weighted by Gasteiger charge is -2.40. The highest BCUT2D eigenvalue weighted by Gasteiger charge is 2.41. The molecule has 2 aromatic rings. The normalized spacial score (nSPS) is 18.4. The third-order valence-electron chi connectivity index (χ3n) is 3.87. The summed E-state index contributed by atoms with van der Waals surface area (Å²) in [6, 6.07) is 19.5. The molecule has 3 rings (SSSR count). The Hall–Kier alpha value is -1.73. The Morgan fingerprint density at radius 3 is 1.83 bits per heavy atom. The Bertz CT molecular complexity index is 709. The maximum atomic E-state index is 11.1. The largest absolute Gasteiger partial charge is 0.342 e. The van der Waals surface area contributed by atoms with Crippen LogP contribution in [0.5, 0.6) is 0 Å². The predicted octanol–water partition coefficient (Wildman–Crippen LogP) is 2.53. The van der Waals surface area contributed by atoms with Crippen molar-refractivity contribution in [1.82, 2.24) is 0 Å². The van der Waals surface area contributed by atoms with Crippen LogP contribution in [0.15, 0.2) is 60.7 Å². The number of benzene rings is 2. The molecule has 0 aliphatic carbocycles. The van der Waals surface area contributed by atoms with Crippen molar-refractivity contribution in [3.05, 3.63) is 71.8 Å². The van der Waals surface area contributed by atoms with E-state index in [2.05, 4.69) is 0 Å². The molecule has 1 fully saturated rings. The van der Waals surface area contributed by atoms with E-state index in [4.69, 9.17) is 13.7 Å². The van der Waals surface area contributed by atoms with Crippen molar-refractivity contribution >= 4 is 10.1 Å². The summed E-state index contributed by atoms with van der Waals surface area (Å²) in [4.78, 5) is 0. The van der Waals surface area contributed by atoms with Gasteiger partial charge in [0.25, 0.3) is 10.1 Å². The molecular weight excluding hydrogens is 328 g/mol. The molecule has 0 unspecified atom stereocenters. The molecule has 6 heteroatoms. The molecule has 1 aliphatic rings. The Labute approximate surface area is 142 Å². The van der Waals surface area contributed by atoms with Crippen LogP contribution in [-0.4, -0.2) is 34.5 Å². The first kappa shape index (κ1) is 17.1. The average Bonchev–Trinajstić information content (AvgIpc) is 2.61. The summed E-state index contributed by atoms with van der Waals surface area (Å²) >= 11 is 0. The fraction of sp³-hybridized carbons (Fsp3) is 0.333. The molecule has 128 valence electrons. The summed E-state index contributed by atoms with van der Waals surface area (Å²) in [5.74, 6) is -1.12. The summed E-state index contributed by atoms with van der Waals surface area (Å²) in [5.41, 5.74) is 1.80. The van der Waals surface area contributed by atoms with Crippen LogP contribution in [0.2, 0.25) is 0 Å². The van der Waals surface area contributed by atoms with Gasteiger partial charge in [0.15, 0.2) is 0 Å². The second kappa shape index (κ2) is 7.03. The lowest BCUT2D eigenvalue weighted by Crippen LogP contribution is -2.44. The van der Waals surface area contributed by atoms with Crippen molar-refractivity contribution in [2.45, 2.75) is 5.79 Å².